The van der Waals surface area contributed by atoms with Crippen molar-refractivity contribution in [3.8, 4) is 0 Å². The highest BCUT2D eigenvalue weighted by atomic mass is 16.5. The lowest BCUT2D eigenvalue weighted by Crippen LogP contribution is -2.49. The number of pyridine rings is 2. The van der Waals surface area contributed by atoms with Gasteiger partial charge in [-0.05, 0) is 18.2 Å². The second kappa shape index (κ2) is 6.62. The maximum atomic E-state index is 13.2. The smallest absolute Gasteiger partial charge is 0.311 e. The molecule has 0 radical (unpaired) electrons. The molecule has 1 saturated heterocycles. The van der Waals surface area contributed by atoms with E-state index in [9.17, 15) is 19.5 Å². The molecule has 27 heavy (non-hydrogen) atoms. The van der Waals surface area contributed by atoms with Gasteiger partial charge in [-0.3, -0.25) is 19.4 Å². The number of amides is 1. The first-order valence-corrected chi connectivity index (χ1v) is 8.70. The molecular formula is C19H19N3O5. The summed E-state index contributed by atoms with van der Waals surface area (Å²) in [5.74, 6) is -2.13. The lowest BCUT2D eigenvalue weighted by Gasteiger charge is -2.37. The van der Waals surface area contributed by atoms with Crippen molar-refractivity contribution in [2.24, 2.45) is 11.8 Å². The summed E-state index contributed by atoms with van der Waals surface area (Å²) in [5, 5.41) is 10.00. The van der Waals surface area contributed by atoms with E-state index in [1.54, 1.807) is 39.8 Å². The molecule has 8 heteroatoms. The van der Waals surface area contributed by atoms with Gasteiger partial charge in [-0.1, -0.05) is 12.1 Å². The SMILES string of the molecule is COC(=O)[C@H]1[C@H](CO)[C@H]2Cn3c(cccc3=O)[C@@H]1N2C(=O)c1ccccn1. The minimum atomic E-state index is -0.756. The lowest BCUT2D eigenvalue weighted by molar-refractivity contribution is -0.148. The Labute approximate surface area is 155 Å². The van der Waals surface area contributed by atoms with E-state index in [1.165, 1.54) is 19.4 Å². The van der Waals surface area contributed by atoms with Crippen LogP contribution >= 0.6 is 0 Å². The number of carbonyl (C=O) groups excluding carboxylic acids is 2. The van der Waals surface area contributed by atoms with Crippen molar-refractivity contribution in [2.75, 3.05) is 13.7 Å². The van der Waals surface area contributed by atoms with Crippen LogP contribution in [0.15, 0.2) is 47.4 Å². The van der Waals surface area contributed by atoms with Crippen LogP contribution in [0.25, 0.3) is 0 Å². The fourth-order valence-corrected chi connectivity index (χ4v) is 4.36. The first kappa shape index (κ1) is 17.4. The monoisotopic (exact) mass is 369 g/mol. The summed E-state index contributed by atoms with van der Waals surface area (Å²) < 4.78 is 6.53. The minimum absolute atomic E-state index is 0.199. The van der Waals surface area contributed by atoms with E-state index in [1.807, 2.05) is 0 Å². The van der Waals surface area contributed by atoms with Crippen LogP contribution in [0.2, 0.25) is 0 Å². The second-order valence-electron chi connectivity index (χ2n) is 6.73. The predicted octanol–water partition coefficient (Wildman–Crippen LogP) is 0.220. The van der Waals surface area contributed by atoms with Gasteiger partial charge in [0.05, 0.1) is 25.1 Å². The van der Waals surface area contributed by atoms with E-state index < -0.39 is 29.9 Å². The zero-order chi connectivity index (χ0) is 19.1. The fraction of sp³-hybridized carbons (Fsp3) is 0.368. The van der Waals surface area contributed by atoms with E-state index in [2.05, 4.69) is 4.98 Å². The van der Waals surface area contributed by atoms with E-state index in [0.717, 1.165) is 0 Å². The Morgan fingerprint density at radius 1 is 1.26 bits per heavy atom. The topological polar surface area (TPSA) is 102 Å². The van der Waals surface area contributed by atoms with Crippen LogP contribution in [0.3, 0.4) is 0 Å². The first-order valence-electron chi connectivity index (χ1n) is 8.70. The third-order valence-electron chi connectivity index (χ3n) is 5.51. The summed E-state index contributed by atoms with van der Waals surface area (Å²) in [6.45, 7) is -0.0848. The van der Waals surface area contributed by atoms with Gasteiger partial charge in [0.2, 0.25) is 0 Å². The molecule has 2 aliphatic heterocycles. The molecular weight excluding hydrogens is 350 g/mol. The third-order valence-corrected chi connectivity index (χ3v) is 5.51. The molecule has 1 amide bonds. The number of hydrogen-bond acceptors (Lipinski definition) is 6. The molecule has 0 unspecified atom stereocenters. The average molecular weight is 369 g/mol. The normalized spacial score (nSPS) is 25.8. The zero-order valence-electron chi connectivity index (χ0n) is 14.7. The summed E-state index contributed by atoms with van der Waals surface area (Å²) in [7, 11) is 1.28. The Morgan fingerprint density at radius 2 is 2.07 bits per heavy atom. The van der Waals surface area contributed by atoms with E-state index in [4.69, 9.17) is 4.74 Å². The van der Waals surface area contributed by atoms with Gasteiger partial charge in [0, 0.05) is 37.0 Å². The van der Waals surface area contributed by atoms with Gasteiger partial charge >= 0.3 is 5.97 Å². The molecule has 4 rings (SSSR count). The molecule has 0 saturated carbocycles. The van der Waals surface area contributed by atoms with Crippen LogP contribution in [-0.4, -0.2) is 51.2 Å². The Morgan fingerprint density at radius 3 is 2.74 bits per heavy atom. The number of aromatic nitrogens is 2. The van der Waals surface area contributed by atoms with Crippen molar-refractivity contribution in [3.05, 3.63) is 64.3 Å². The number of carbonyl (C=O) groups is 2. The molecule has 2 bridgehead atoms. The van der Waals surface area contributed by atoms with Crippen molar-refractivity contribution in [3.63, 3.8) is 0 Å². The number of esters is 1. The summed E-state index contributed by atoms with van der Waals surface area (Å²) in [6.07, 6.45) is 1.53. The van der Waals surface area contributed by atoms with Gasteiger partial charge < -0.3 is 19.3 Å². The largest absolute Gasteiger partial charge is 0.469 e. The molecule has 2 aromatic rings. The second-order valence-corrected chi connectivity index (χ2v) is 6.73. The van der Waals surface area contributed by atoms with Crippen LogP contribution in [-0.2, 0) is 16.1 Å². The van der Waals surface area contributed by atoms with Gasteiger partial charge in [0.25, 0.3) is 11.5 Å². The predicted molar refractivity (Wildman–Crippen MR) is 93.7 cm³/mol. The van der Waals surface area contributed by atoms with Gasteiger partial charge in [-0.2, -0.15) is 0 Å². The van der Waals surface area contributed by atoms with Crippen LogP contribution in [0.1, 0.15) is 22.2 Å². The van der Waals surface area contributed by atoms with Crippen LogP contribution in [0, 0.1) is 11.8 Å². The molecule has 4 atom stereocenters. The van der Waals surface area contributed by atoms with E-state index in [-0.39, 0.29) is 30.3 Å². The maximum absolute atomic E-state index is 13.2. The molecule has 0 spiro atoms. The Balaban J connectivity index is 1.89. The molecule has 1 fully saturated rings. The van der Waals surface area contributed by atoms with Crippen LogP contribution in [0.5, 0.6) is 0 Å². The lowest BCUT2D eigenvalue weighted by atomic mass is 9.87. The Hall–Kier alpha value is -3.00. The molecule has 2 aromatic heterocycles. The number of rotatable bonds is 3. The van der Waals surface area contributed by atoms with E-state index in [0.29, 0.717) is 5.69 Å². The van der Waals surface area contributed by atoms with Gasteiger partial charge in [-0.15, -0.1) is 0 Å². The highest BCUT2D eigenvalue weighted by Gasteiger charge is 2.58. The van der Waals surface area contributed by atoms with Crippen molar-refractivity contribution >= 4 is 11.9 Å². The number of hydrogen-bond donors (Lipinski definition) is 1. The molecule has 8 nitrogen and oxygen atoms in total. The average Bonchev–Trinajstić information content (AvgIpc) is 2.94. The molecule has 140 valence electrons. The Bertz CT molecular complexity index is 942. The summed E-state index contributed by atoms with van der Waals surface area (Å²) in [6, 6.07) is 8.61. The first-order chi connectivity index (χ1) is 13.1. The van der Waals surface area contributed by atoms with Crippen molar-refractivity contribution in [2.45, 2.75) is 18.6 Å². The number of fused-ring (bicyclic) bond motifs is 4. The molecule has 4 heterocycles. The molecule has 2 aliphatic rings. The standard InChI is InChI=1S/C19H19N3O5/c1-27-19(26)16-11(10-23)14-9-21-13(6-4-7-15(21)24)17(16)22(14)18(25)12-5-2-3-8-20-12/h2-8,11,14,16-17,23H,9-10H2,1H3/t11-,14-,16+,17+/m1/s1. The van der Waals surface area contributed by atoms with Gasteiger partial charge in [0.15, 0.2) is 0 Å². The number of methoxy groups -OCH3 is 1. The van der Waals surface area contributed by atoms with Crippen LogP contribution in [0.4, 0.5) is 0 Å². The number of aliphatic hydroxyl groups is 1. The quantitative estimate of drug-likeness (QED) is 0.777. The van der Waals surface area contributed by atoms with Gasteiger partial charge in [-0.25, -0.2) is 0 Å². The zero-order valence-corrected chi connectivity index (χ0v) is 14.7. The van der Waals surface area contributed by atoms with Gasteiger partial charge in [0.1, 0.15) is 5.69 Å². The van der Waals surface area contributed by atoms with Crippen molar-refractivity contribution in [1.29, 1.82) is 0 Å². The number of nitrogens with zero attached hydrogens (tertiary/aromatic N) is 3. The number of aliphatic hydroxyl groups excluding tert-OH is 1. The third kappa shape index (κ3) is 2.56. The van der Waals surface area contributed by atoms with E-state index >= 15 is 0 Å². The van der Waals surface area contributed by atoms with Crippen molar-refractivity contribution in [1.82, 2.24) is 14.5 Å². The molecule has 0 aromatic carbocycles. The molecule has 0 aliphatic carbocycles. The summed E-state index contributed by atoms with van der Waals surface area (Å²) in [4.78, 5) is 43.8. The minimum Gasteiger partial charge on any atom is -0.469 e. The number of ether oxygens (including phenoxy) is 1. The fourth-order valence-electron chi connectivity index (χ4n) is 4.36. The maximum Gasteiger partial charge on any atom is 0.311 e. The molecule has 1 N–H and O–H groups in total. The highest BCUT2D eigenvalue weighted by Crippen LogP contribution is 2.48. The highest BCUT2D eigenvalue weighted by molar-refractivity contribution is 5.94. The summed E-state index contributed by atoms with van der Waals surface area (Å²) in [5.41, 5.74) is 0.616. The van der Waals surface area contributed by atoms with Crippen LogP contribution < -0.4 is 5.56 Å². The van der Waals surface area contributed by atoms with Crippen molar-refractivity contribution < 1.29 is 19.4 Å². The Kier molecular flexibility index (Phi) is 4.27. The summed E-state index contributed by atoms with van der Waals surface area (Å²) >= 11 is 0.